The SMILES string of the molecule is CC1CN(C(=O)c2ccccc2)CCN1c1nnc(-c2ccc(Cl)cc2)c2ccccc12. The van der Waals surface area contributed by atoms with E-state index in [-0.39, 0.29) is 11.9 Å². The van der Waals surface area contributed by atoms with Crippen molar-refractivity contribution in [1.82, 2.24) is 15.1 Å². The van der Waals surface area contributed by atoms with E-state index in [0.29, 0.717) is 24.7 Å². The molecule has 1 aromatic heterocycles. The van der Waals surface area contributed by atoms with Gasteiger partial charge in [-0.25, -0.2) is 0 Å². The van der Waals surface area contributed by atoms with Crippen LogP contribution in [0.3, 0.4) is 0 Å². The van der Waals surface area contributed by atoms with Gasteiger partial charge >= 0.3 is 0 Å². The Morgan fingerprint density at radius 3 is 2.28 bits per heavy atom. The molecule has 0 radical (unpaired) electrons. The minimum atomic E-state index is 0.0751. The number of carbonyl (C=O) groups excluding carboxylic acids is 1. The first-order valence-corrected chi connectivity index (χ1v) is 11.1. The predicted octanol–water partition coefficient (Wildman–Crippen LogP) is 5.30. The summed E-state index contributed by atoms with van der Waals surface area (Å²) in [5, 5.41) is 12.1. The van der Waals surface area contributed by atoms with E-state index in [4.69, 9.17) is 11.6 Å². The molecule has 1 unspecified atom stereocenters. The van der Waals surface area contributed by atoms with Crippen molar-refractivity contribution in [2.45, 2.75) is 13.0 Å². The second-order valence-corrected chi connectivity index (χ2v) is 8.52. The summed E-state index contributed by atoms with van der Waals surface area (Å²) < 4.78 is 0. The van der Waals surface area contributed by atoms with Gasteiger partial charge < -0.3 is 9.80 Å². The summed E-state index contributed by atoms with van der Waals surface area (Å²) in [6.45, 7) is 4.13. The van der Waals surface area contributed by atoms with Gasteiger partial charge in [-0.1, -0.05) is 66.2 Å². The standard InChI is InChI=1S/C26H23ClN4O/c1-18-17-30(26(32)20-7-3-2-4-8-20)15-16-31(18)25-23-10-6-5-9-22(23)24(28-29-25)19-11-13-21(27)14-12-19/h2-14,18H,15-17H2,1H3. The monoisotopic (exact) mass is 442 g/mol. The first kappa shape index (κ1) is 20.5. The Balaban J connectivity index is 1.45. The number of amides is 1. The van der Waals surface area contributed by atoms with Gasteiger partial charge in [-0.2, -0.15) is 0 Å². The molecule has 1 fully saturated rings. The molecule has 2 heterocycles. The molecule has 0 spiro atoms. The van der Waals surface area contributed by atoms with Crippen LogP contribution in [0.15, 0.2) is 78.9 Å². The number of aromatic nitrogens is 2. The van der Waals surface area contributed by atoms with Crippen LogP contribution >= 0.6 is 11.6 Å². The van der Waals surface area contributed by atoms with Crippen LogP contribution in [0.2, 0.25) is 5.02 Å². The third-order valence-corrected chi connectivity index (χ3v) is 6.24. The molecule has 3 aromatic carbocycles. The fraction of sp³-hybridized carbons (Fsp3) is 0.192. The maximum absolute atomic E-state index is 12.9. The molecule has 1 aliphatic heterocycles. The molecule has 4 aromatic rings. The van der Waals surface area contributed by atoms with E-state index in [2.05, 4.69) is 34.2 Å². The Labute approximate surface area is 192 Å². The lowest BCUT2D eigenvalue weighted by Crippen LogP contribution is -2.54. The molecule has 160 valence electrons. The molecule has 0 saturated carbocycles. The molecule has 1 atom stereocenters. The van der Waals surface area contributed by atoms with Crippen LogP contribution in [-0.2, 0) is 0 Å². The number of hydrogen-bond donors (Lipinski definition) is 0. The minimum absolute atomic E-state index is 0.0751. The predicted molar refractivity (Wildman–Crippen MR) is 129 cm³/mol. The molecule has 32 heavy (non-hydrogen) atoms. The molecular formula is C26H23ClN4O. The van der Waals surface area contributed by atoms with Gasteiger partial charge in [0.15, 0.2) is 5.82 Å². The van der Waals surface area contributed by atoms with Gasteiger partial charge in [-0.3, -0.25) is 4.79 Å². The lowest BCUT2D eigenvalue weighted by Gasteiger charge is -2.40. The molecule has 0 N–H and O–H groups in total. The highest BCUT2D eigenvalue weighted by molar-refractivity contribution is 6.30. The summed E-state index contributed by atoms with van der Waals surface area (Å²) in [4.78, 5) is 17.1. The second kappa shape index (κ2) is 8.60. The normalized spacial score (nSPS) is 16.4. The maximum Gasteiger partial charge on any atom is 0.253 e. The third-order valence-electron chi connectivity index (χ3n) is 5.99. The topological polar surface area (TPSA) is 49.3 Å². The Morgan fingerprint density at radius 2 is 1.56 bits per heavy atom. The number of fused-ring (bicyclic) bond motifs is 1. The van der Waals surface area contributed by atoms with E-state index in [1.165, 1.54) is 0 Å². The van der Waals surface area contributed by atoms with Crippen molar-refractivity contribution in [1.29, 1.82) is 0 Å². The molecular weight excluding hydrogens is 420 g/mol. The third kappa shape index (κ3) is 3.80. The Bertz CT molecular complexity index is 1260. The zero-order chi connectivity index (χ0) is 22.1. The largest absolute Gasteiger partial charge is 0.348 e. The summed E-state index contributed by atoms with van der Waals surface area (Å²) >= 11 is 6.06. The van der Waals surface area contributed by atoms with Crippen LogP contribution < -0.4 is 4.90 Å². The average molecular weight is 443 g/mol. The van der Waals surface area contributed by atoms with E-state index < -0.39 is 0 Å². The van der Waals surface area contributed by atoms with Crippen molar-refractivity contribution >= 4 is 34.1 Å². The maximum atomic E-state index is 12.9. The molecule has 5 nitrogen and oxygen atoms in total. The average Bonchev–Trinajstić information content (AvgIpc) is 2.84. The highest BCUT2D eigenvalue weighted by Gasteiger charge is 2.29. The van der Waals surface area contributed by atoms with Gasteiger partial charge in [0, 0.05) is 52.6 Å². The molecule has 6 heteroatoms. The highest BCUT2D eigenvalue weighted by atomic mass is 35.5. The number of rotatable bonds is 3. The first-order chi connectivity index (χ1) is 15.6. The van der Waals surface area contributed by atoms with Crippen LogP contribution in [-0.4, -0.2) is 46.7 Å². The lowest BCUT2D eigenvalue weighted by molar-refractivity contribution is 0.0726. The fourth-order valence-electron chi connectivity index (χ4n) is 4.34. The van der Waals surface area contributed by atoms with E-state index in [1.54, 1.807) is 0 Å². The van der Waals surface area contributed by atoms with Crippen LogP contribution in [0.4, 0.5) is 5.82 Å². The van der Waals surface area contributed by atoms with Crippen molar-refractivity contribution in [3.8, 4) is 11.3 Å². The minimum Gasteiger partial charge on any atom is -0.348 e. The van der Waals surface area contributed by atoms with E-state index in [9.17, 15) is 4.79 Å². The second-order valence-electron chi connectivity index (χ2n) is 8.08. The van der Waals surface area contributed by atoms with Gasteiger partial charge in [0.05, 0.1) is 0 Å². The summed E-state index contributed by atoms with van der Waals surface area (Å²) in [6, 6.07) is 25.5. The van der Waals surface area contributed by atoms with Crippen molar-refractivity contribution in [3.05, 3.63) is 89.4 Å². The van der Waals surface area contributed by atoms with E-state index in [1.807, 2.05) is 71.6 Å². The van der Waals surface area contributed by atoms with Crippen molar-refractivity contribution in [2.75, 3.05) is 24.5 Å². The Morgan fingerprint density at radius 1 is 0.875 bits per heavy atom. The van der Waals surface area contributed by atoms with Gasteiger partial charge in [-0.15, -0.1) is 10.2 Å². The summed E-state index contributed by atoms with van der Waals surface area (Å²) in [6.07, 6.45) is 0. The number of nitrogens with zero attached hydrogens (tertiary/aromatic N) is 4. The highest BCUT2D eigenvalue weighted by Crippen LogP contribution is 2.33. The summed E-state index contributed by atoms with van der Waals surface area (Å²) in [5.74, 6) is 0.934. The number of benzene rings is 3. The van der Waals surface area contributed by atoms with Crippen LogP contribution in [0.5, 0.6) is 0 Å². The first-order valence-electron chi connectivity index (χ1n) is 10.7. The molecule has 0 aliphatic carbocycles. The van der Waals surface area contributed by atoms with Gasteiger partial charge in [0.1, 0.15) is 5.69 Å². The zero-order valence-electron chi connectivity index (χ0n) is 17.8. The number of halogens is 1. The number of anilines is 1. The fourth-order valence-corrected chi connectivity index (χ4v) is 4.47. The van der Waals surface area contributed by atoms with Crippen LogP contribution in [0, 0.1) is 0 Å². The Kier molecular flexibility index (Phi) is 5.50. The Hall–Kier alpha value is -3.44. The lowest BCUT2D eigenvalue weighted by atomic mass is 10.0. The molecule has 1 amide bonds. The quantitative estimate of drug-likeness (QED) is 0.432. The van der Waals surface area contributed by atoms with Crippen LogP contribution in [0.1, 0.15) is 17.3 Å². The van der Waals surface area contributed by atoms with Crippen molar-refractivity contribution < 1.29 is 4.79 Å². The number of carbonyl (C=O) groups is 1. The smallest absolute Gasteiger partial charge is 0.253 e. The van der Waals surface area contributed by atoms with E-state index in [0.717, 1.165) is 33.4 Å². The number of hydrogen-bond acceptors (Lipinski definition) is 4. The molecule has 1 aliphatic rings. The molecule has 5 rings (SSSR count). The zero-order valence-corrected chi connectivity index (χ0v) is 18.5. The van der Waals surface area contributed by atoms with Crippen LogP contribution in [0.25, 0.3) is 22.0 Å². The van der Waals surface area contributed by atoms with Gasteiger partial charge in [-0.05, 0) is 31.2 Å². The summed E-state index contributed by atoms with van der Waals surface area (Å²) in [5.41, 5.74) is 2.55. The van der Waals surface area contributed by atoms with Crippen molar-refractivity contribution in [3.63, 3.8) is 0 Å². The summed E-state index contributed by atoms with van der Waals surface area (Å²) in [7, 11) is 0. The molecule has 0 bridgehead atoms. The van der Waals surface area contributed by atoms with E-state index >= 15 is 0 Å². The van der Waals surface area contributed by atoms with Gasteiger partial charge in [0.2, 0.25) is 0 Å². The number of piperazine rings is 1. The van der Waals surface area contributed by atoms with Gasteiger partial charge in [0.25, 0.3) is 5.91 Å². The molecule has 1 saturated heterocycles. The van der Waals surface area contributed by atoms with Crippen molar-refractivity contribution in [2.24, 2.45) is 0 Å².